The lowest BCUT2D eigenvalue weighted by atomic mass is 10.2. The number of nitrogens with one attached hydrogen (secondary N) is 2. The SMILES string of the molecule is CCNC(=NCc1ccc(OCC)c(F)c1)NCCCN1CCOCC1. The Balaban J connectivity index is 1.78. The first kappa shape index (κ1) is 20.5. The molecule has 1 fully saturated rings. The molecule has 0 radical (unpaired) electrons. The summed E-state index contributed by atoms with van der Waals surface area (Å²) in [4.78, 5) is 6.95. The van der Waals surface area contributed by atoms with Gasteiger partial charge in [-0.05, 0) is 44.5 Å². The fourth-order valence-corrected chi connectivity index (χ4v) is 2.76. The molecule has 0 atom stereocenters. The molecule has 2 N–H and O–H groups in total. The van der Waals surface area contributed by atoms with Gasteiger partial charge in [0.25, 0.3) is 0 Å². The van der Waals surface area contributed by atoms with E-state index in [2.05, 4.69) is 20.5 Å². The normalized spacial score (nSPS) is 15.7. The van der Waals surface area contributed by atoms with E-state index in [0.29, 0.717) is 13.2 Å². The Bertz CT molecular complexity index is 562. The predicted octanol–water partition coefficient (Wildman–Crippen LogP) is 2.00. The molecule has 0 spiro atoms. The van der Waals surface area contributed by atoms with Gasteiger partial charge in [-0.1, -0.05) is 6.07 Å². The number of benzene rings is 1. The summed E-state index contributed by atoms with van der Waals surface area (Å²) in [6, 6.07) is 4.99. The predicted molar refractivity (Wildman–Crippen MR) is 102 cm³/mol. The molecule has 0 amide bonds. The Morgan fingerprint density at radius 3 is 2.77 bits per heavy atom. The van der Waals surface area contributed by atoms with E-state index in [1.807, 2.05) is 19.9 Å². The van der Waals surface area contributed by atoms with Crippen LogP contribution < -0.4 is 15.4 Å². The van der Waals surface area contributed by atoms with E-state index in [1.165, 1.54) is 6.07 Å². The molecule has 1 heterocycles. The highest BCUT2D eigenvalue weighted by Gasteiger charge is 2.09. The lowest BCUT2D eigenvalue weighted by Crippen LogP contribution is -2.40. The van der Waals surface area contributed by atoms with Gasteiger partial charge in [-0.25, -0.2) is 9.38 Å². The fourth-order valence-electron chi connectivity index (χ4n) is 2.76. The Kier molecular flexibility index (Phi) is 9.20. The van der Waals surface area contributed by atoms with E-state index < -0.39 is 0 Å². The second-order valence-corrected chi connectivity index (χ2v) is 6.13. The largest absolute Gasteiger partial charge is 0.491 e. The molecule has 1 aromatic rings. The van der Waals surface area contributed by atoms with Gasteiger partial charge in [0.15, 0.2) is 17.5 Å². The zero-order valence-electron chi connectivity index (χ0n) is 15.9. The molecule has 26 heavy (non-hydrogen) atoms. The van der Waals surface area contributed by atoms with Crippen LogP contribution in [0.3, 0.4) is 0 Å². The number of hydrogen-bond donors (Lipinski definition) is 2. The van der Waals surface area contributed by atoms with Crippen molar-refractivity contribution in [1.82, 2.24) is 15.5 Å². The summed E-state index contributed by atoms with van der Waals surface area (Å²) in [5, 5.41) is 6.56. The topological polar surface area (TPSA) is 58.1 Å². The monoisotopic (exact) mass is 366 g/mol. The third kappa shape index (κ3) is 7.17. The van der Waals surface area contributed by atoms with Gasteiger partial charge in [-0.3, -0.25) is 4.90 Å². The van der Waals surface area contributed by atoms with Gasteiger partial charge in [0, 0.05) is 26.2 Å². The van der Waals surface area contributed by atoms with Crippen LogP contribution in [0.25, 0.3) is 0 Å². The molecule has 6 nitrogen and oxygen atoms in total. The Morgan fingerprint density at radius 1 is 1.27 bits per heavy atom. The maximum Gasteiger partial charge on any atom is 0.191 e. The lowest BCUT2D eigenvalue weighted by Gasteiger charge is -2.26. The minimum absolute atomic E-state index is 0.286. The average Bonchev–Trinajstić information content (AvgIpc) is 2.66. The van der Waals surface area contributed by atoms with Crippen molar-refractivity contribution in [2.24, 2.45) is 4.99 Å². The smallest absolute Gasteiger partial charge is 0.191 e. The van der Waals surface area contributed by atoms with Crippen molar-refractivity contribution in [2.75, 3.05) is 52.5 Å². The highest BCUT2D eigenvalue weighted by Crippen LogP contribution is 2.18. The summed E-state index contributed by atoms with van der Waals surface area (Å²) in [5.41, 5.74) is 0.816. The second-order valence-electron chi connectivity index (χ2n) is 6.13. The molecule has 1 aromatic carbocycles. The van der Waals surface area contributed by atoms with Gasteiger partial charge in [0.2, 0.25) is 0 Å². The van der Waals surface area contributed by atoms with Gasteiger partial charge < -0.3 is 20.1 Å². The van der Waals surface area contributed by atoms with E-state index in [9.17, 15) is 4.39 Å². The Hall–Kier alpha value is -1.86. The summed E-state index contributed by atoms with van der Waals surface area (Å²) in [6.45, 7) is 11.1. The van der Waals surface area contributed by atoms with Crippen LogP contribution in [0, 0.1) is 5.82 Å². The molecule has 1 saturated heterocycles. The van der Waals surface area contributed by atoms with Crippen molar-refractivity contribution < 1.29 is 13.9 Å². The minimum Gasteiger partial charge on any atom is -0.491 e. The number of halogens is 1. The summed E-state index contributed by atoms with van der Waals surface area (Å²) in [5.74, 6) is 0.695. The summed E-state index contributed by atoms with van der Waals surface area (Å²) >= 11 is 0. The van der Waals surface area contributed by atoms with Crippen LogP contribution in [0.4, 0.5) is 4.39 Å². The second kappa shape index (κ2) is 11.7. The third-order valence-corrected chi connectivity index (χ3v) is 4.11. The van der Waals surface area contributed by atoms with Crippen molar-refractivity contribution in [3.8, 4) is 5.75 Å². The number of hydrogen-bond acceptors (Lipinski definition) is 4. The van der Waals surface area contributed by atoms with Crippen LogP contribution in [0.2, 0.25) is 0 Å². The highest BCUT2D eigenvalue weighted by molar-refractivity contribution is 5.79. The van der Waals surface area contributed by atoms with Crippen molar-refractivity contribution in [2.45, 2.75) is 26.8 Å². The summed E-state index contributed by atoms with van der Waals surface area (Å²) < 4.78 is 24.5. The molecular weight excluding hydrogens is 335 g/mol. The number of guanidine groups is 1. The molecule has 2 rings (SSSR count). The molecule has 0 aromatic heterocycles. The first-order valence-corrected chi connectivity index (χ1v) is 9.46. The van der Waals surface area contributed by atoms with Crippen LogP contribution in [-0.4, -0.2) is 63.4 Å². The first-order chi connectivity index (χ1) is 12.7. The molecule has 0 unspecified atom stereocenters. The number of rotatable bonds is 9. The van der Waals surface area contributed by atoms with Gasteiger partial charge in [-0.15, -0.1) is 0 Å². The van der Waals surface area contributed by atoms with E-state index in [0.717, 1.165) is 63.9 Å². The van der Waals surface area contributed by atoms with Crippen molar-refractivity contribution in [1.29, 1.82) is 0 Å². The Morgan fingerprint density at radius 2 is 2.08 bits per heavy atom. The lowest BCUT2D eigenvalue weighted by molar-refractivity contribution is 0.0376. The quantitative estimate of drug-likeness (QED) is 0.398. The highest BCUT2D eigenvalue weighted by atomic mass is 19.1. The Labute approximate surface area is 155 Å². The van der Waals surface area contributed by atoms with Crippen LogP contribution in [0.5, 0.6) is 5.75 Å². The van der Waals surface area contributed by atoms with Gasteiger partial charge >= 0.3 is 0 Å². The number of nitrogens with zero attached hydrogens (tertiary/aromatic N) is 2. The van der Waals surface area contributed by atoms with Gasteiger partial charge in [0.05, 0.1) is 26.4 Å². The van der Waals surface area contributed by atoms with E-state index in [1.54, 1.807) is 6.07 Å². The number of morpholine rings is 1. The van der Waals surface area contributed by atoms with Crippen LogP contribution in [0.15, 0.2) is 23.2 Å². The summed E-state index contributed by atoms with van der Waals surface area (Å²) in [7, 11) is 0. The van der Waals surface area contributed by atoms with E-state index >= 15 is 0 Å². The van der Waals surface area contributed by atoms with E-state index in [-0.39, 0.29) is 11.6 Å². The molecule has 146 valence electrons. The molecule has 0 aliphatic carbocycles. The molecule has 0 saturated carbocycles. The summed E-state index contributed by atoms with van der Waals surface area (Å²) in [6.07, 6.45) is 1.04. The van der Waals surface area contributed by atoms with Crippen LogP contribution in [0.1, 0.15) is 25.8 Å². The molecule has 7 heteroatoms. The molecule has 0 bridgehead atoms. The maximum absolute atomic E-state index is 13.9. The molecule has 1 aliphatic rings. The maximum atomic E-state index is 13.9. The van der Waals surface area contributed by atoms with Crippen molar-refractivity contribution in [3.63, 3.8) is 0 Å². The van der Waals surface area contributed by atoms with Crippen molar-refractivity contribution >= 4 is 5.96 Å². The fraction of sp³-hybridized carbons (Fsp3) is 0.632. The standard InChI is InChI=1S/C19H31FN4O2/c1-3-21-19(22-8-5-9-24-10-12-25-13-11-24)23-15-16-6-7-18(26-4-2)17(20)14-16/h6-7,14H,3-5,8-13,15H2,1-2H3,(H2,21,22,23). The van der Waals surface area contributed by atoms with Crippen LogP contribution in [-0.2, 0) is 11.3 Å². The number of ether oxygens (including phenoxy) is 2. The molecular formula is C19H31FN4O2. The van der Waals surface area contributed by atoms with E-state index in [4.69, 9.17) is 9.47 Å². The zero-order valence-corrected chi connectivity index (χ0v) is 15.9. The minimum atomic E-state index is -0.344. The first-order valence-electron chi connectivity index (χ1n) is 9.46. The van der Waals surface area contributed by atoms with Gasteiger partial charge in [-0.2, -0.15) is 0 Å². The average molecular weight is 366 g/mol. The zero-order chi connectivity index (χ0) is 18.6. The molecule has 1 aliphatic heterocycles. The van der Waals surface area contributed by atoms with Gasteiger partial charge in [0.1, 0.15) is 0 Å². The third-order valence-electron chi connectivity index (χ3n) is 4.11. The van der Waals surface area contributed by atoms with Crippen LogP contribution >= 0.6 is 0 Å². The van der Waals surface area contributed by atoms with Crippen molar-refractivity contribution in [3.05, 3.63) is 29.6 Å². The number of aliphatic imine (C=N–C) groups is 1.